The van der Waals surface area contributed by atoms with Gasteiger partial charge in [0.15, 0.2) is 5.83 Å². The Hall–Kier alpha value is -4.83. The number of carbonyl (C=O) groups is 1. The lowest BCUT2D eigenvalue weighted by Crippen LogP contribution is -2.55. The third kappa shape index (κ3) is 7.33. The maximum Gasteiger partial charge on any atom is 0.318 e. The molecule has 0 unspecified atom stereocenters. The lowest BCUT2D eigenvalue weighted by atomic mass is 10.0. The van der Waals surface area contributed by atoms with E-state index in [-0.39, 0.29) is 36.6 Å². The summed E-state index contributed by atoms with van der Waals surface area (Å²) in [7, 11) is 0. The summed E-state index contributed by atoms with van der Waals surface area (Å²) in [5.41, 5.74) is 3.67. The maximum atomic E-state index is 14.7. The minimum Gasteiger partial charge on any atom is -0.462 e. The molecule has 0 N–H and O–H groups in total. The molecule has 0 spiro atoms. The summed E-state index contributed by atoms with van der Waals surface area (Å²) in [5.74, 6) is -1.68. The molecule has 0 saturated carbocycles. The van der Waals surface area contributed by atoms with E-state index < -0.39 is 23.6 Å². The van der Waals surface area contributed by atoms with Gasteiger partial charge in [-0.05, 0) is 29.5 Å². The van der Waals surface area contributed by atoms with Crippen LogP contribution >= 0.6 is 11.6 Å². The highest BCUT2D eigenvalue weighted by Gasteiger charge is 2.35. The van der Waals surface area contributed by atoms with E-state index in [2.05, 4.69) is 34.6 Å². The molecule has 2 saturated heterocycles. The molecule has 4 aromatic rings. The fourth-order valence-electron chi connectivity index (χ4n) is 7.27. The van der Waals surface area contributed by atoms with E-state index in [1.807, 2.05) is 41.3 Å². The second kappa shape index (κ2) is 15.2. The Kier molecular flexibility index (Phi) is 10.3. The fourth-order valence-corrected chi connectivity index (χ4v) is 7.53. The van der Waals surface area contributed by atoms with Gasteiger partial charge in [-0.2, -0.15) is 15.2 Å². The van der Waals surface area contributed by atoms with Crippen LogP contribution in [0.5, 0.6) is 6.01 Å². The first kappa shape index (κ1) is 34.6. The van der Waals surface area contributed by atoms with E-state index in [1.165, 1.54) is 16.5 Å². The lowest BCUT2D eigenvalue weighted by molar-refractivity contribution is -0.131. The van der Waals surface area contributed by atoms with Crippen LogP contribution in [0, 0.1) is 17.1 Å². The van der Waals surface area contributed by atoms with Gasteiger partial charge in [0, 0.05) is 55.9 Å². The van der Waals surface area contributed by atoms with E-state index >= 15 is 0 Å². The number of rotatable bonds is 9. The van der Waals surface area contributed by atoms with E-state index in [4.69, 9.17) is 31.0 Å². The van der Waals surface area contributed by atoms with Gasteiger partial charge >= 0.3 is 6.01 Å². The summed E-state index contributed by atoms with van der Waals surface area (Å²) in [4.78, 5) is 30.4. The molecule has 3 aliphatic heterocycles. The SMILES string of the molecule is C=C(F)C(=O)N1CCN(c2nc(OC[C@@H]3COCCN3Cc3ccccc3)nc3c2CCN(c2cccc4ccc(F)c(Cl)c24)C3)C[C@@H]1CC#N. The molecule has 1 amide bonds. The van der Waals surface area contributed by atoms with Gasteiger partial charge in [0.25, 0.3) is 5.91 Å². The number of hydrogen-bond donors (Lipinski definition) is 0. The fraction of sp³-hybridized carbons (Fsp3) is 0.368. The number of carbonyl (C=O) groups excluding carboxylic acids is 1. The Morgan fingerprint density at radius 2 is 1.88 bits per heavy atom. The quantitative estimate of drug-likeness (QED) is 0.203. The first-order chi connectivity index (χ1) is 24.8. The molecule has 2 fully saturated rings. The Balaban J connectivity index is 1.20. The summed E-state index contributed by atoms with van der Waals surface area (Å²) < 4.78 is 40.8. The van der Waals surface area contributed by atoms with Crippen molar-refractivity contribution < 1.29 is 23.0 Å². The molecule has 7 rings (SSSR count). The highest BCUT2D eigenvalue weighted by atomic mass is 35.5. The number of fused-ring (bicyclic) bond motifs is 2. The second-order valence-electron chi connectivity index (χ2n) is 13.0. The van der Waals surface area contributed by atoms with Gasteiger partial charge in [-0.3, -0.25) is 9.69 Å². The zero-order valence-corrected chi connectivity index (χ0v) is 28.9. The molecule has 3 aromatic carbocycles. The molecule has 0 bridgehead atoms. The predicted molar refractivity (Wildman–Crippen MR) is 191 cm³/mol. The van der Waals surface area contributed by atoms with Gasteiger partial charge in [-0.1, -0.05) is 66.7 Å². The maximum absolute atomic E-state index is 14.7. The van der Waals surface area contributed by atoms with Gasteiger partial charge in [0.1, 0.15) is 18.2 Å². The Morgan fingerprint density at radius 3 is 2.69 bits per heavy atom. The standard InChI is InChI=1S/C38H38ClF2N7O3/c1-25(40)37(49)48-17-16-47(21-28(48)12-14-42)36-30-13-15-46(33-9-5-8-27-10-11-31(41)35(39)34(27)33)22-32(30)43-38(44-36)51-24-29-23-50-19-18-45(29)20-26-6-3-2-4-7-26/h2-11,28-29H,1,12-13,15-24H2/t28-,29-/m0/s1. The van der Waals surface area contributed by atoms with Crippen molar-refractivity contribution in [2.45, 2.75) is 38.0 Å². The van der Waals surface area contributed by atoms with Crippen molar-refractivity contribution in [3.05, 3.63) is 101 Å². The summed E-state index contributed by atoms with van der Waals surface area (Å²) >= 11 is 6.53. The molecule has 2 atom stereocenters. The third-order valence-electron chi connectivity index (χ3n) is 9.86. The van der Waals surface area contributed by atoms with Gasteiger partial charge in [-0.15, -0.1) is 0 Å². The third-order valence-corrected chi connectivity index (χ3v) is 10.2. The normalized spacial score (nSPS) is 19.5. The number of aromatic nitrogens is 2. The Morgan fingerprint density at radius 1 is 1.04 bits per heavy atom. The van der Waals surface area contributed by atoms with Crippen LogP contribution in [-0.4, -0.2) is 90.3 Å². The van der Waals surface area contributed by atoms with Crippen LogP contribution in [0.2, 0.25) is 5.02 Å². The highest BCUT2D eigenvalue weighted by molar-refractivity contribution is 6.36. The van der Waals surface area contributed by atoms with Crippen LogP contribution in [0.25, 0.3) is 10.8 Å². The summed E-state index contributed by atoms with van der Waals surface area (Å²) in [6.45, 7) is 7.95. The number of piperazine rings is 1. The molecule has 264 valence electrons. The topological polar surface area (TPSA) is 98.1 Å². The molecular formula is C38H38ClF2N7O3. The van der Waals surface area contributed by atoms with Gasteiger partial charge in [0.05, 0.1) is 55.0 Å². The number of nitrogens with zero attached hydrogens (tertiary/aromatic N) is 7. The van der Waals surface area contributed by atoms with Crippen molar-refractivity contribution in [2.75, 3.05) is 62.3 Å². The van der Waals surface area contributed by atoms with Gasteiger partial charge in [0.2, 0.25) is 0 Å². The zero-order chi connectivity index (χ0) is 35.5. The average Bonchev–Trinajstić information content (AvgIpc) is 3.15. The Bertz CT molecular complexity index is 1980. The molecule has 1 aromatic heterocycles. The average molecular weight is 714 g/mol. The molecule has 10 nitrogen and oxygen atoms in total. The van der Waals surface area contributed by atoms with Crippen molar-refractivity contribution in [1.29, 1.82) is 5.26 Å². The van der Waals surface area contributed by atoms with E-state index in [0.717, 1.165) is 35.4 Å². The van der Waals surface area contributed by atoms with Crippen molar-refractivity contribution in [3.63, 3.8) is 0 Å². The van der Waals surface area contributed by atoms with Crippen LogP contribution in [0.1, 0.15) is 23.2 Å². The number of hydrogen-bond acceptors (Lipinski definition) is 9. The van der Waals surface area contributed by atoms with Crippen molar-refractivity contribution >= 4 is 39.8 Å². The number of nitriles is 1. The minimum absolute atomic E-state index is 0.0251. The van der Waals surface area contributed by atoms with Crippen LogP contribution < -0.4 is 14.5 Å². The molecule has 13 heteroatoms. The Labute approximate surface area is 300 Å². The first-order valence-electron chi connectivity index (χ1n) is 17.1. The number of halogens is 3. The number of ether oxygens (including phenoxy) is 2. The second-order valence-corrected chi connectivity index (χ2v) is 13.4. The molecule has 0 radical (unpaired) electrons. The smallest absolute Gasteiger partial charge is 0.318 e. The molecule has 3 aliphatic rings. The van der Waals surface area contributed by atoms with Crippen LogP contribution in [0.3, 0.4) is 0 Å². The van der Waals surface area contributed by atoms with E-state index in [9.17, 15) is 18.8 Å². The number of morpholine rings is 1. The van der Waals surface area contributed by atoms with Crippen molar-refractivity contribution in [2.24, 2.45) is 0 Å². The van der Waals surface area contributed by atoms with E-state index in [0.29, 0.717) is 57.1 Å². The molecular weight excluding hydrogens is 676 g/mol. The summed E-state index contributed by atoms with van der Waals surface area (Å²) in [6.07, 6.45) is 0.593. The molecule has 4 heterocycles. The number of benzene rings is 3. The van der Waals surface area contributed by atoms with Crippen LogP contribution in [-0.2, 0) is 29.0 Å². The monoisotopic (exact) mass is 713 g/mol. The highest BCUT2D eigenvalue weighted by Crippen LogP contribution is 2.38. The predicted octanol–water partition coefficient (Wildman–Crippen LogP) is 5.68. The number of amides is 1. The number of anilines is 2. The first-order valence-corrected chi connectivity index (χ1v) is 17.5. The summed E-state index contributed by atoms with van der Waals surface area (Å²) in [5, 5.41) is 11.1. The lowest BCUT2D eigenvalue weighted by Gasteiger charge is -2.42. The zero-order valence-electron chi connectivity index (χ0n) is 28.1. The largest absolute Gasteiger partial charge is 0.462 e. The van der Waals surface area contributed by atoms with E-state index in [1.54, 1.807) is 6.07 Å². The molecule has 51 heavy (non-hydrogen) atoms. The summed E-state index contributed by atoms with van der Waals surface area (Å²) in [6, 6.07) is 20.9. The van der Waals surface area contributed by atoms with Crippen LogP contribution in [0.15, 0.2) is 73.1 Å². The van der Waals surface area contributed by atoms with Crippen molar-refractivity contribution in [1.82, 2.24) is 19.8 Å². The van der Waals surface area contributed by atoms with Crippen molar-refractivity contribution in [3.8, 4) is 12.1 Å². The van der Waals surface area contributed by atoms with Crippen LogP contribution in [0.4, 0.5) is 20.3 Å². The van der Waals surface area contributed by atoms with Gasteiger partial charge in [-0.25, -0.2) is 8.78 Å². The van der Waals surface area contributed by atoms with Gasteiger partial charge < -0.3 is 24.2 Å². The molecule has 0 aliphatic carbocycles. The minimum atomic E-state index is -1.05.